The van der Waals surface area contributed by atoms with Gasteiger partial charge in [-0.15, -0.1) is 0 Å². The highest BCUT2D eigenvalue weighted by atomic mass is 15.0. The molecule has 1 heteroatoms. The first-order chi connectivity index (χ1) is 6.60. The van der Waals surface area contributed by atoms with Crippen LogP contribution in [0.5, 0.6) is 0 Å². The van der Waals surface area contributed by atoms with E-state index in [9.17, 15) is 0 Å². The highest BCUT2D eigenvalue weighted by molar-refractivity contribution is 4.99. The molecule has 1 aromatic carbocycles. The molecule has 0 aliphatic carbocycles. The van der Waals surface area contributed by atoms with Crippen LogP contribution in [0.15, 0.2) is 36.4 Å². The number of nitrogens with one attached hydrogen (secondary N) is 1. The van der Waals surface area contributed by atoms with Crippen molar-refractivity contribution in [1.82, 2.24) is 5.32 Å². The minimum absolute atomic E-state index is 0.555. The van der Waals surface area contributed by atoms with Crippen molar-refractivity contribution in [1.29, 1.82) is 0 Å². The van der Waals surface area contributed by atoms with Gasteiger partial charge >= 0.3 is 0 Å². The fraction of sp³-hybridized carbons (Fsp3) is 0.538. The Morgan fingerprint density at radius 2 is 1.43 bits per heavy atom. The molecule has 1 unspecified atom stereocenters. The second kappa shape index (κ2) is 5.16. The molecule has 1 aromatic rings. The fourth-order valence-corrected chi connectivity index (χ4v) is 1.81. The Morgan fingerprint density at radius 3 is 1.57 bits per heavy atom. The van der Waals surface area contributed by atoms with Gasteiger partial charge in [0.1, 0.15) is 0 Å². The molecule has 1 aliphatic rings. The molecule has 1 fully saturated rings. The summed E-state index contributed by atoms with van der Waals surface area (Å²) >= 11 is 0. The third-order valence-corrected chi connectivity index (χ3v) is 2.45. The summed E-state index contributed by atoms with van der Waals surface area (Å²) in [5, 5.41) is 3.41. The van der Waals surface area contributed by atoms with Crippen LogP contribution >= 0.6 is 0 Å². The van der Waals surface area contributed by atoms with Gasteiger partial charge in [-0.2, -0.15) is 0 Å². The maximum atomic E-state index is 3.41. The van der Waals surface area contributed by atoms with Crippen LogP contribution in [-0.2, 0) is 0 Å². The monoisotopic (exact) mass is 191 g/mol. The first kappa shape index (κ1) is 11.3. The van der Waals surface area contributed by atoms with E-state index < -0.39 is 0 Å². The van der Waals surface area contributed by atoms with Gasteiger partial charge in [-0.1, -0.05) is 50.2 Å². The second-order valence-corrected chi connectivity index (χ2v) is 4.80. The molecule has 0 aromatic heterocycles. The Hall–Kier alpha value is -0.820. The molecule has 0 spiro atoms. The maximum Gasteiger partial charge on any atom is 0.00445 e. The summed E-state index contributed by atoms with van der Waals surface area (Å²) in [6.45, 7) is 8.05. The molecule has 0 saturated carbocycles. The van der Waals surface area contributed by atoms with Gasteiger partial charge in [-0.05, 0) is 18.8 Å². The lowest BCUT2D eigenvalue weighted by atomic mass is 9.91. The van der Waals surface area contributed by atoms with E-state index in [4.69, 9.17) is 0 Å². The molecule has 78 valence electrons. The molecule has 0 radical (unpaired) electrons. The molecular weight excluding hydrogens is 170 g/mol. The van der Waals surface area contributed by atoms with Crippen LogP contribution in [0, 0.1) is 5.41 Å². The van der Waals surface area contributed by atoms with E-state index in [1.54, 1.807) is 0 Å². The van der Waals surface area contributed by atoms with Gasteiger partial charge in [0, 0.05) is 12.6 Å². The average molecular weight is 191 g/mol. The molecule has 14 heavy (non-hydrogen) atoms. The van der Waals surface area contributed by atoms with Crippen LogP contribution in [0.1, 0.15) is 27.2 Å². The largest absolute Gasteiger partial charge is 0.314 e. The van der Waals surface area contributed by atoms with E-state index in [0.717, 1.165) is 6.04 Å². The SMILES string of the molecule is CC1CC(C)(C)CN1.c1ccccc1. The van der Waals surface area contributed by atoms with Crippen LogP contribution in [0.3, 0.4) is 0 Å². The molecule has 0 bridgehead atoms. The molecule has 1 aliphatic heterocycles. The summed E-state index contributed by atoms with van der Waals surface area (Å²) < 4.78 is 0. The molecule has 1 saturated heterocycles. The summed E-state index contributed by atoms with van der Waals surface area (Å²) in [6, 6.07) is 12.7. The van der Waals surface area contributed by atoms with Crippen molar-refractivity contribution in [2.75, 3.05) is 6.54 Å². The maximum absolute atomic E-state index is 3.41. The summed E-state index contributed by atoms with van der Waals surface area (Å²) in [5.41, 5.74) is 0.555. The van der Waals surface area contributed by atoms with Crippen LogP contribution in [0.25, 0.3) is 0 Å². The Morgan fingerprint density at radius 1 is 1.00 bits per heavy atom. The van der Waals surface area contributed by atoms with Crippen LogP contribution in [0.4, 0.5) is 0 Å². The molecule has 0 amide bonds. The smallest absolute Gasteiger partial charge is 0.00445 e. The van der Waals surface area contributed by atoms with Gasteiger partial charge in [0.2, 0.25) is 0 Å². The molecule has 2 rings (SSSR count). The van der Waals surface area contributed by atoms with Gasteiger partial charge in [0.05, 0.1) is 0 Å². The van der Waals surface area contributed by atoms with E-state index in [1.165, 1.54) is 13.0 Å². The predicted octanol–water partition coefficient (Wildman–Crippen LogP) is 3.08. The van der Waals surface area contributed by atoms with Crippen LogP contribution in [-0.4, -0.2) is 12.6 Å². The zero-order valence-electron chi connectivity index (χ0n) is 9.46. The third kappa shape index (κ3) is 4.43. The number of rotatable bonds is 0. The van der Waals surface area contributed by atoms with Crippen molar-refractivity contribution < 1.29 is 0 Å². The van der Waals surface area contributed by atoms with Crippen molar-refractivity contribution in [2.45, 2.75) is 33.2 Å². The zero-order valence-corrected chi connectivity index (χ0v) is 9.46. The van der Waals surface area contributed by atoms with E-state index in [1.807, 2.05) is 36.4 Å². The Kier molecular flexibility index (Phi) is 4.15. The van der Waals surface area contributed by atoms with Gasteiger partial charge in [0.25, 0.3) is 0 Å². The quantitative estimate of drug-likeness (QED) is 0.664. The van der Waals surface area contributed by atoms with Gasteiger partial charge in [0.15, 0.2) is 0 Å². The summed E-state index contributed by atoms with van der Waals surface area (Å²) in [7, 11) is 0. The first-order valence-corrected chi connectivity index (χ1v) is 5.33. The zero-order chi connectivity index (χ0) is 10.4. The van der Waals surface area contributed by atoms with Crippen molar-refractivity contribution >= 4 is 0 Å². The van der Waals surface area contributed by atoms with Crippen molar-refractivity contribution in [3.8, 4) is 0 Å². The minimum atomic E-state index is 0.555. The Labute approximate surface area is 87.5 Å². The fourth-order valence-electron chi connectivity index (χ4n) is 1.81. The normalized spacial score (nSPS) is 23.8. The van der Waals surface area contributed by atoms with Crippen molar-refractivity contribution in [2.24, 2.45) is 5.41 Å². The molecule has 1 N–H and O–H groups in total. The number of hydrogen-bond donors (Lipinski definition) is 1. The Bertz CT molecular complexity index is 214. The van der Waals surface area contributed by atoms with E-state index in [2.05, 4.69) is 26.1 Å². The molecule has 1 atom stereocenters. The summed E-state index contributed by atoms with van der Waals surface area (Å²) in [5.74, 6) is 0. The molecule has 1 nitrogen and oxygen atoms in total. The van der Waals surface area contributed by atoms with Crippen molar-refractivity contribution in [3.05, 3.63) is 36.4 Å². The van der Waals surface area contributed by atoms with Gasteiger partial charge in [-0.3, -0.25) is 0 Å². The number of hydrogen-bond acceptors (Lipinski definition) is 1. The van der Waals surface area contributed by atoms with Gasteiger partial charge < -0.3 is 5.32 Å². The molecular formula is C13H21N. The van der Waals surface area contributed by atoms with Crippen LogP contribution < -0.4 is 5.32 Å². The lowest BCUT2D eigenvalue weighted by molar-refractivity contribution is 0.405. The lowest BCUT2D eigenvalue weighted by Gasteiger charge is -2.13. The predicted molar refractivity (Wildman–Crippen MR) is 62.3 cm³/mol. The van der Waals surface area contributed by atoms with Gasteiger partial charge in [-0.25, -0.2) is 0 Å². The van der Waals surface area contributed by atoms with E-state index in [0.29, 0.717) is 5.41 Å². The third-order valence-electron chi connectivity index (χ3n) is 2.45. The highest BCUT2D eigenvalue weighted by Gasteiger charge is 2.27. The Balaban J connectivity index is 0.000000146. The topological polar surface area (TPSA) is 12.0 Å². The average Bonchev–Trinajstić information content (AvgIpc) is 2.48. The highest BCUT2D eigenvalue weighted by Crippen LogP contribution is 2.26. The first-order valence-electron chi connectivity index (χ1n) is 5.33. The van der Waals surface area contributed by atoms with Crippen LogP contribution in [0.2, 0.25) is 0 Å². The molecule has 1 heterocycles. The summed E-state index contributed by atoms with van der Waals surface area (Å²) in [6.07, 6.45) is 1.33. The summed E-state index contributed by atoms with van der Waals surface area (Å²) in [4.78, 5) is 0. The van der Waals surface area contributed by atoms with E-state index in [-0.39, 0.29) is 0 Å². The lowest BCUT2D eigenvalue weighted by Crippen LogP contribution is -2.18. The minimum Gasteiger partial charge on any atom is -0.314 e. The van der Waals surface area contributed by atoms with Crippen molar-refractivity contribution in [3.63, 3.8) is 0 Å². The standard InChI is InChI=1S/C7H15N.C6H6/c1-6-4-7(2,3)5-8-6;1-2-4-6-5-3-1/h6,8H,4-5H2,1-3H3;1-6H. The number of benzene rings is 1. The van der Waals surface area contributed by atoms with E-state index >= 15 is 0 Å². The second-order valence-electron chi connectivity index (χ2n) is 4.80.